The Kier molecular flexibility index (Phi) is 10.7. The van der Waals surface area contributed by atoms with Gasteiger partial charge in [-0.3, -0.25) is 9.59 Å². The van der Waals surface area contributed by atoms with Gasteiger partial charge in [-0.05, 0) is 37.8 Å². The number of nitrogens with zero attached hydrogens (tertiary/aromatic N) is 5. The molecule has 15 nitrogen and oxygen atoms in total. The predicted molar refractivity (Wildman–Crippen MR) is 165 cm³/mol. The number of hydrogen-bond donors (Lipinski definition) is 5. The van der Waals surface area contributed by atoms with E-state index in [4.69, 9.17) is 14.9 Å². The van der Waals surface area contributed by atoms with Crippen LogP contribution in [-0.2, 0) is 26.2 Å². The van der Waals surface area contributed by atoms with Gasteiger partial charge in [0.15, 0.2) is 17.7 Å². The van der Waals surface area contributed by atoms with Gasteiger partial charge >= 0.3 is 24.1 Å². The van der Waals surface area contributed by atoms with Crippen molar-refractivity contribution in [2.24, 2.45) is 13.0 Å². The molecule has 1 aliphatic carbocycles. The maximum atomic E-state index is 13.7. The molecular formula is C31H34F3N7O8. The summed E-state index contributed by atoms with van der Waals surface area (Å²) in [5.41, 5.74) is 2.16. The average molecular weight is 690 g/mol. The number of rotatable bonds is 14. The zero-order valence-electron chi connectivity index (χ0n) is 26.1. The number of imidazole rings is 1. The number of hydrogen-bond acceptors (Lipinski definition) is 11. The van der Waals surface area contributed by atoms with Crippen LogP contribution in [0.1, 0.15) is 32.1 Å². The summed E-state index contributed by atoms with van der Waals surface area (Å²) in [6.45, 7) is -0.850. The molecule has 1 saturated carbocycles. The molecule has 49 heavy (non-hydrogen) atoms. The highest BCUT2D eigenvalue weighted by Crippen LogP contribution is 2.33. The second kappa shape index (κ2) is 14.9. The molecule has 0 aliphatic heterocycles. The molecule has 262 valence electrons. The standard InChI is InChI=1S/C31H34F3N7O8/c1-40-16-37-27-21(38-24-9-11-41(39-24)25-4-2-3-10-35-25)12-19(13-22(27)40)48-18-7-5-17(6-8-18)36-15-23(31(32,33)34)49-30(47)28(44)20(29(45)46)14-26(42)43/h2-4,9-13,16-18,20,23,28,36,44H,5-8,14-15H2,1H3,(H,38,39)(H,42,43)(H,45,46). The number of carboxylic acids is 2. The van der Waals surface area contributed by atoms with Crippen molar-refractivity contribution >= 4 is 40.4 Å². The summed E-state index contributed by atoms with van der Waals surface area (Å²) in [5.74, 6) is -5.82. The molecule has 3 unspecified atom stereocenters. The van der Waals surface area contributed by atoms with E-state index < -0.39 is 55.2 Å². The minimum absolute atomic E-state index is 0.242. The molecule has 0 bridgehead atoms. The molecule has 18 heteroatoms. The Morgan fingerprint density at radius 3 is 2.49 bits per heavy atom. The minimum Gasteiger partial charge on any atom is -0.490 e. The Balaban J connectivity index is 1.18. The van der Waals surface area contributed by atoms with Crippen LogP contribution in [0.4, 0.5) is 24.7 Å². The molecule has 1 fully saturated rings. The number of aryl methyl sites for hydroxylation is 1. The lowest BCUT2D eigenvalue weighted by atomic mass is 9.92. The maximum Gasteiger partial charge on any atom is 0.426 e. The summed E-state index contributed by atoms with van der Waals surface area (Å²) < 4.78 is 55.3. The number of carbonyl (C=O) groups excluding carboxylic acids is 1. The number of nitrogens with one attached hydrogen (secondary N) is 2. The van der Waals surface area contributed by atoms with Crippen molar-refractivity contribution in [1.29, 1.82) is 0 Å². The van der Waals surface area contributed by atoms with Gasteiger partial charge in [-0.2, -0.15) is 13.2 Å². The molecule has 5 N–H and O–H groups in total. The van der Waals surface area contributed by atoms with Crippen molar-refractivity contribution in [3.8, 4) is 11.6 Å². The molecule has 3 atom stereocenters. The van der Waals surface area contributed by atoms with Crippen molar-refractivity contribution in [2.45, 2.75) is 62.6 Å². The van der Waals surface area contributed by atoms with Crippen molar-refractivity contribution in [3.05, 3.63) is 55.1 Å². The fourth-order valence-electron chi connectivity index (χ4n) is 5.48. The SMILES string of the molecule is Cn1cnc2c(Nc3ccn(-c4ccccn4)n3)cc(OC3CCC(NCC(OC(=O)C(O)C(CC(=O)O)C(=O)O)C(F)(F)F)CC3)cc21. The number of halogens is 3. The largest absolute Gasteiger partial charge is 0.490 e. The van der Waals surface area contributed by atoms with Crippen LogP contribution in [0.15, 0.2) is 55.1 Å². The van der Waals surface area contributed by atoms with Crippen LogP contribution in [0.25, 0.3) is 16.9 Å². The summed E-state index contributed by atoms with van der Waals surface area (Å²) in [5, 5.41) is 38.4. The number of esters is 1. The Labute approximate surface area is 276 Å². The van der Waals surface area contributed by atoms with E-state index in [1.807, 2.05) is 41.9 Å². The molecule has 4 aromatic rings. The van der Waals surface area contributed by atoms with E-state index in [2.05, 4.69) is 30.4 Å². The third-order valence-corrected chi connectivity index (χ3v) is 8.07. The van der Waals surface area contributed by atoms with Gasteiger partial charge in [-0.25, -0.2) is 19.4 Å². The number of aliphatic hydroxyl groups excluding tert-OH is 1. The number of fused-ring (bicyclic) bond motifs is 1. The summed E-state index contributed by atoms with van der Waals surface area (Å²) in [7, 11) is 1.85. The Hall–Kier alpha value is -5.23. The molecule has 0 radical (unpaired) electrons. The van der Waals surface area contributed by atoms with Gasteiger partial charge in [-0.15, -0.1) is 5.10 Å². The number of carboxylic acid groups (broad SMARTS) is 2. The zero-order chi connectivity index (χ0) is 35.3. The van der Waals surface area contributed by atoms with E-state index in [1.165, 1.54) is 0 Å². The Morgan fingerprint density at radius 1 is 1.08 bits per heavy atom. The summed E-state index contributed by atoms with van der Waals surface area (Å²) in [4.78, 5) is 43.1. The monoisotopic (exact) mass is 689 g/mol. The first kappa shape index (κ1) is 35.1. The summed E-state index contributed by atoms with van der Waals surface area (Å²) >= 11 is 0. The first-order chi connectivity index (χ1) is 23.3. The molecule has 1 aliphatic rings. The van der Waals surface area contributed by atoms with E-state index >= 15 is 0 Å². The Bertz CT molecular complexity index is 1770. The molecule has 0 amide bonds. The highest BCUT2D eigenvalue weighted by molar-refractivity contribution is 5.91. The van der Waals surface area contributed by atoms with Gasteiger partial charge in [0.05, 0.1) is 30.1 Å². The normalized spacial score (nSPS) is 18.4. The lowest BCUT2D eigenvalue weighted by Crippen LogP contribution is -2.48. The molecule has 3 heterocycles. The van der Waals surface area contributed by atoms with E-state index in [9.17, 15) is 32.7 Å². The number of benzene rings is 1. The Morgan fingerprint density at radius 2 is 1.84 bits per heavy atom. The van der Waals surface area contributed by atoms with Crippen LogP contribution in [-0.4, -0.2) is 94.6 Å². The summed E-state index contributed by atoms with van der Waals surface area (Å²) in [6.07, 6.45) is -4.76. The minimum atomic E-state index is -5.04. The number of alkyl halides is 3. The fourth-order valence-corrected chi connectivity index (χ4v) is 5.48. The van der Waals surface area contributed by atoms with Gasteiger partial charge in [0.2, 0.25) is 6.10 Å². The predicted octanol–water partition coefficient (Wildman–Crippen LogP) is 3.19. The number of aliphatic carboxylic acids is 2. The average Bonchev–Trinajstić information content (AvgIpc) is 3.68. The highest BCUT2D eigenvalue weighted by Gasteiger charge is 2.45. The highest BCUT2D eigenvalue weighted by atomic mass is 19.4. The quantitative estimate of drug-likeness (QED) is 0.121. The van der Waals surface area contributed by atoms with Crippen LogP contribution < -0.4 is 15.4 Å². The molecule has 1 aromatic carbocycles. The number of carbonyl (C=O) groups is 3. The van der Waals surface area contributed by atoms with Crippen molar-refractivity contribution in [2.75, 3.05) is 11.9 Å². The second-order valence-corrected chi connectivity index (χ2v) is 11.6. The molecule has 0 saturated heterocycles. The second-order valence-electron chi connectivity index (χ2n) is 11.6. The van der Waals surface area contributed by atoms with E-state index in [0.717, 1.165) is 5.52 Å². The van der Waals surface area contributed by atoms with Crippen molar-refractivity contribution in [1.82, 2.24) is 29.6 Å². The molecule has 0 spiro atoms. The van der Waals surface area contributed by atoms with Crippen LogP contribution in [0.5, 0.6) is 5.75 Å². The van der Waals surface area contributed by atoms with Gasteiger partial charge in [-0.1, -0.05) is 6.07 Å². The van der Waals surface area contributed by atoms with Gasteiger partial charge in [0.25, 0.3) is 0 Å². The third-order valence-electron chi connectivity index (χ3n) is 8.07. The van der Waals surface area contributed by atoms with Crippen LogP contribution in [0.3, 0.4) is 0 Å². The fraction of sp³-hybridized carbons (Fsp3) is 0.419. The van der Waals surface area contributed by atoms with E-state index in [0.29, 0.717) is 54.3 Å². The van der Waals surface area contributed by atoms with E-state index in [1.54, 1.807) is 29.5 Å². The topological polar surface area (TPSA) is 203 Å². The number of anilines is 2. The van der Waals surface area contributed by atoms with Crippen molar-refractivity contribution in [3.63, 3.8) is 0 Å². The number of pyridine rings is 1. The zero-order valence-corrected chi connectivity index (χ0v) is 26.1. The lowest BCUT2D eigenvalue weighted by molar-refractivity contribution is -0.225. The van der Waals surface area contributed by atoms with Gasteiger partial charge < -0.3 is 40.0 Å². The van der Waals surface area contributed by atoms with Crippen LogP contribution in [0, 0.1) is 5.92 Å². The number of aromatic nitrogens is 5. The number of aliphatic hydroxyl groups is 1. The molecule has 3 aromatic heterocycles. The van der Waals surface area contributed by atoms with Gasteiger partial charge in [0, 0.05) is 50.2 Å². The first-order valence-corrected chi connectivity index (χ1v) is 15.3. The first-order valence-electron chi connectivity index (χ1n) is 15.3. The smallest absolute Gasteiger partial charge is 0.426 e. The number of ether oxygens (including phenoxy) is 2. The van der Waals surface area contributed by atoms with Gasteiger partial charge in [0.1, 0.15) is 17.2 Å². The molecule has 5 rings (SSSR count). The third kappa shape index (κ3) is 8.82. The van der Waals surface area contributed by atoms with Crippen LogP contribution in [0.2, 0.25) is 0 Å². The van der Waals surface area contributed by atoms with Crippen LogP contribution >= 0.6 is 0 Å². The van der Waals surface area contributed by atoms with Crippen molar-refractivity contribution < 1.29 is 52.3 Å². The van der Waals surface area contributed by atoms with E-state index in [-0.39, 0.29) is 12.1 Å². The molecular weight excluding hydrogens is 655 g/mol. The summed E-state index contributed by atoms with van der Waals surface area (Å²) in [6, 6.07) is 10.6. The maximum absolute atomic E-state index is 13.7. The lowest BCUT2D eigenvalue weighted by Gasteiger charge is -2.31.